The van der Waals surface area contributed by atoms with Gasteiger partial charge in [0.25, 0.3) is 11.8 Å². The van der Waals surface area contributed by atoms with Crippen LogP contribution in [0.1, 0.15) is 45.7 Å². The second-order valence-electron chi connectivity index (χ2n) is 7.34. The smallest absolute Gasteiger partial charge is 0.255 e. The zero-order chi connectivity index (χ0) is 21.5. The van der Waals surface area contributed by atoms with E-state index in [0.717, 1.165) is 16.9 Å². The number of hydrogen-bond donors (Lipinski definition) is 2. The molecule has 0 aliphatic carbocycles. The highest BCUT2D eigenvalue weighted by Gasteiger charge is 2.11. The van der Waals surface area contributed by atoms with Gasteiger partial charge in [-0.1, -0.05) is 36.4 Å². The van der Waals surface area contributed by atoms with E-state index in [-0.39, 0.29) is 17.9 Å². The summed E-state index contributed by atoms with van der Waals surface area (Å²) in [5.41, 5.74) is 3.54. The lowest BCUT2D eigenvalue weighted by molar-refractivity contribution is 0.0949. The Bertz CT molecular complexity index is 1010. The highest BCUT2D eigenvalue weighted by atomic mass is 16.5. The van der Waals surface area contributed by atoms with Crippen molar-refractivity contribution in [1.29, 1.82) is 0 Å². The molecule has 0 aliphatic heterocycles. The molecule has 5 nitrogen and oxygen atoms in total. The minimum atomic E-state index is -0.208. The molecule has 0 saturated carbocycles. The molecule has 0 aromatic heterocycles. The molecule has 30 heavy (non-hydrogen) atoms. The first-order valence-electron chi connectivity index (χ1n) is 9.93. The van der Waals surface area contributed by atoms with E-state index in [0.29, 0.717) is 23.4 Å². The van der Waals surface area contributed by atoms with Crippen LogP contribution < -0.4 is 15.4 Å². The van der Waals surface area contributed by atoms with Crippen LogP contribution in [0, 0.1) is 6.92 Å². The molecule has 154 valence electrons. The summed E-state index contributed by atoms with van der Waals surface area (Å²) in [6.07, 6.45) is 0.119. The second-order valence-corrected chi connectivity index (χ2v) is 7.34. The van der Waals surface area contributed by atoms with E-state index in [1.54, 1.807) is 24.3 Å². The molecule has 0 saturated heterocycles. The van der Waals surface area contributed by atoms with Gasteiger partial charge in [-0.2, -0.15) is 0 Å². The number of carbonyl (C=O) groups excluding carboxylic acids is 2. The van der Waals surface area contributed by atoms with E-state index in [4.69, 9.17) is 4.74 Å². The number of ether oxygens (including phenoxy) is 1. The third-order valence-electron chi connectivity index (χ3n) is 4.53. The highest BCUT2D eigenvalue weighted by Crippen LogP contribution is 2.19. The van der Waals surface area contributed by atoms with Gasteiger partial charge < -0.3 is 15.4 Å². The SMILES string of the molecule is Cc1ccc(C(=O)NCc2ccc(OC(C)C)cc2)cc1NC(=O)c1ccccc1. The Morgan fingerprint density at radius 3 is 2.23 bits per heavy atom. The monoisotopic (exact) mass is 402 g/mol. The van der Waals surface area contributed by atoms with E-state index >= 15 is 0 Å². The maximum Gasteiger partial charge on any atom is 0.255 e. The summed E-state index contributed by atoms with van der Waals surface area (Å²) in [6.45, 7) is 6.25. The quantitative estimate of drug-likeness (QED) is 0.587. The minimum absolute atomic E-state index is 0.119. The van der Waals surface area contributed by atoms with Crippen LogP contribution in [0.2, 0.25) is 0 Å². The molecule has 5 heteroatoms. The molecule has 0 atom stereocenters. The van der Waals surface area contributed by atoms with Crippen LogP contribution in [0.5, 0.6) is 5.75 Å². The molecule has 2 N–H and O–H groups in total. The van der Waals surface area contributed by atoms with Crippen molar-refractivity contribution in [3.63, 3.8) is 0 Å². The first-order chi connectivity index (χ1) is 14.4. The van der Waals surface area contributed by atoms with Crippen LogP contribution in [0.15, 0.2) is 72.8 Å². The normalized spacial score (nSPS) is 10.5. The predicted octanol–water partition coefficient (Wildman–Crippen LogP) is 4.96. The van der Waals surface area contributed by atoms with Crippen LogP contribution in [0.4, 0.5) is 5.69 Å². The lowest BCUT2D eigenvalue weighted by Gasteiger charge is -2.12. The van der Waals surface area contributed by atoms with Crippen molar-refractivity contribution in [2.75, 3.05) is 5.32 Å². The number of nitrogens with one attached hydrogen (secondary N) is 2. The fraction of sp³-hybridized carbons (Fsp3) is 0.200. The molecule has 0 radical (unpaired) electrons. The topological polar surface area (TPSA) is 67.4 Å². The first kappa shape index (κ1) is 21.1. The molecule has 3 aromatic carbocycles. The summed E-state index contributed by atoms with van der Waals surface area (Å²) in [5, 5.41) is 5.80. The summed E-state index contributed by atoms with van der Waals surface area (Å²) < 4.78 is 5.63. The van der Waals surface area contributed by atoms with Gasteiger partial charge >= 0.3 is 0 Å². The molecular weight excluding hydrogens is 376 g/mol. The predicted molar refractivity (Wildman–Crippen MR) is 119 cm³/mol. The standard InChI is InChI=1S/C25H26N2O3/c1-17(2)30-22-13-10-19(11-14-22)16-26-24(28)21-12-9-18(3)23(15-21)27-25(29)20-7-5-4-6-8-20/h4-15,17H,16H2,1-3H3,(H,26,28)(H,27,29). The lowest BCUT2D eigenvalue weighted by atomic mass is 10.1. The number of hydrogen-bond acceptors (Lipinski definition) is 3. The summed E-state index contributed by atoms with van der Waals surface area (Å²) in [4.78, 5) is 25.0. The Labute approximate surface area is 177 Å². The number of carbonyl (C=O) groups is 2. The Morgan fingerprint density at radius 1 is 0.867 bits per heavy atom. The number of amides is 2. The Morgan fingerprint density at radius 2 is 1.57 bits per heavy atom. The molecule has 0 heterocycles. The average Bonchev–Trinajstić information content (AvgIpc) is 2.74. The van der Waals surface area contributed by atoms with E-state index in [1.165, 1.54) is 0 Å². The van der Waals surface area contributed by atoms with Crippen molar-refractivity contribution in [2.45, 2.75) is 33.4 Å². The Hall–Kier alpha value is -3.60. The number of benzene rings is 3. The van der Waals surface area contributed by atoms with Crippen LogP contribution in [-0.4, -0.2) is 17.9 Å². The van der Waals surface area contributed by atoms with Crippen LogP contribution in [0.3, 0.4) is 0 Å². The third kappa shape index (κ3) is 5.70. The Kier molecular flexibility index (Phi) is 6.86. The average molecular weight is 402 g/mol. The third-order valence-corrected chi connectivity index (χ3v) is 4.53. The van der Waals surface area contributed by atoms with Gasteiger partial charge in [0, 0.05) is 23.4 Å². The zero-order valence-corrected chi connectivity index (χ0v) is 17.4. The van der Waals surface area contributed by atoms with Gasteiger partial charge in [-0.25, -0.2) is 0 Å². The molecular formula is C25H26N2O3. The van der Waals surface area contributed by atoms with Crippen molar-refractivity contribution in [1.82, 2.24) is 5.32 Å². The summed E-state index contributed by atoms with van der Waals surface area (Å²) in [7, 11) is 0. The van der Waals surface area contributed by atoms with Crippen molar-refractivity contribution in [3.05, 3.63) is 95.1 Å². The fourth-order valence-corrected chi connectivity index (χ4v) is 2.92. The maximum absolute atomic E-state index is 12.6. The van der Waals surface area contributed by atoms with Crippen molar-refractivity contribution >= 4 is 17.5 Å². The Balaban J connectivity index is 1.63. The summed E-state index contributed by atoms with van der Waals surface area (Å²) in [5.74, 6) is 0.394. The van der Waals surface area contributed by atoms with E-state index < -0.39 is 0 Å². The molecule has 0 unspecified atom stereocenters. The van der Waals surface area contributed by atoms with Gasteiger partial charge in [-0.05, 0) is 68.3 Å². The molecule has 0 fully saturated rings. The van der Waals surface area contributed by atoms with Crippen molar-refractivity contribution in [3.8, 4) is 5.75 Å². The van der Waals surface area contributed by atoms with Gasteiger partial charge in [-0.3, -0.25) is 9.59 Å². The number of aryl methyl sites for hydroxylation is 1. The van der Waals surface area contributed by atoms with Gasteiger partial charge in [0.05, 0.1) is 6.10 Å². The molecule has 0 bridgehead atoms. The van der Waals surface area contributed by atoms with E-state index in [9.17, 15) is 9.59 Å². The van der Waals surface area contributed by atoms with Crippen molar-refractivity contribution in [2.24, 2.45) is 0 Å². The van der Waals surface area contributed by atoms with Gasteiger partial charge in [0.15, 0.2) is 0 Å². The molecule has 3 rings (SSSR count). The largest absolute Gasteiger partial charge is 0.491 e. The molecule has 0 spiro atoms. The van der Waals surface area contributed by atoms with Crippen LogP contribution in [0.25, 0.3) is 0 Å². The fourth-order valence-electron chi connectivity index (χ4n) is 2.92. The summed E-state index contributed by atoms with van der Waals surface area (Å²) in [6, 6.07) is 21.9. The maximum atomic E-state index is 12.6. The number of anilines is 1. The summed E-state index contributed by atoms with van der Waals surface area (Å²) >= 11 is 0. The highest BCUT2D eigenvalue weighted by molar-refractivity contribution is 6.05. The van der Waals surface area contributed by atoms with Gasteiger partial charge in [0.1, 0.15) is 5.75 Å². The lowest BCUT2D eigenvalue weighted by Crippen LogP contribution is -2.23. The molecule has 3 aromatic rings. The van der Waals surface area contributed by atoms with Crippen LogP contribution in [-0.2, 0) is 6.54 Å². The van der Waals surface area contributed by atoms with Gasteiger partial charge in [-0.15, -0.1) is 0 Å². The van der Waals surface area contributed by atoms with Crippen LogP contribution >= 0.6 is 0 Å². The molecule has 0 aliphatic rings. The first-order valence-corrected chi connectivity index (χ1v) is 9.93. The zero-order valence-electron chi connectivity index (χ0n) is 17.4. The van der Waals surface area contributed by atoms with Gasteiger partial charge in [0.2, 0.25) is 0 Å². The van der Waals surface area contributed by atoms with E-state index in [1.807, 2.05) is 69.3 Å². The van der Waals surface area contributed by atoms with E-state index in [2.05, 4.69) is 10.6 Å². The number of rotatable bonds is 7. The second kappa shape index (κ2) is 9.74. The minimum Gasteiger partial charge on any atom is -0.491 e. The molecule has 2 amide bonds. The van der Waals surface area contributed by atoms with Crippen molar-refractivity contribution < 1.29 is 14.3 Å².